The van der Waals surface area contributed by atoms with Gasteiger partial charge in [0.1, 0.15) is 23.2 Å². The quantitative estimate of drug-likeness (QED) is 0.638. The Labute approximate surface area is 202 Å². The zero-order chi connectivity index (χ0) is 24.5. The highest BCUT2D eigenvalue weighted by Crippen LogP contribution is 2.48. The zero-order valence-electron chi connectivity index (χ0n) is 18.9. The number of ether oxygens (including phenoxy) is 2. The first-order valence-corrected chi connectivity index (χ1v) is 11.2. The molecule has 0 fully saturated rings. The maximum absolute atomic E-state index is 13.1. The molecule has 1 atom stereocenters. The number of anilines is 1. The number of Topliss-reactive ketones (excluding diaryl/α,β-unsaturated/α-hetero) is 1. The molecule has 174 valence electrons. The number of nitriles is 1. The third kappa shape index (κ3) is 4.92. The van der Waals surface area contributed by atoms with Gasteiger partial charge in [-0.25, -0.2) is 0 Å². The van der Waals surface area contributed by atoms with Gasteiger partial charge in [0.25, 0.3) is 5.91 Å². The highest BCUT2D eigenvalue weighted by Gasteiger charge is 2.43. The van der Waals surface area contributed by atoms with Crippen molar-refractivity contribution in [2.45, 2.75) is 32.6 Å². The molecule has 7 nitrogen and oxygen atoms in total. The van der Waals surface area contributed by atoms with Gasteiger partial charge in [0.2, 0.25) is 5.88 Å². The van der Waals surface area contributed by atoms with Crippen LogP contribution in [0.5, 0.6) is 5.75 Å². The normalized spacial score (nSPS) is 19.1. The van der Waals surface area contributed by atoms with E-state index in [1.54, 1.807) is 48.5 Å². The molecule has 1 amide bonds. The molecule has 0 saturated carbocycles. The van der Waals surface area contributed by atoms with E-state index in [0.29, 0.717) is 46.2 Å². The summed E-state index contributed by atoms with van der Waals surface area (Å²) in [6, 6.07) is 15.8. The van der Waals surface area contributed by atoms with Crippen molar-refractivity contribution in [1.29, 1.82) is 5.26 Å². The molecule has 1 aliphatic carbocycles. The first kappa shape index (κ1) is 23.4. The van der Waals surface area contributed by atoms with Gasteiger partial charge in [0.05, 0.1) is 5.92 Å². The van der Waals surface area contributed by atoms with Gasteiger partial charge in [-0.3, -0.25) is 9.59 Å². The number of hydrogen-bond acceptors (Lipinski definition) is 6. The number of carbonyl (C=O) groups excluding carboxylic acids is 2. The summed E-state index contributed by atoms with van der Waals surface area (Å²) in [6.07, 6.45) is 0.899. The maximum atomic E-state index is 13.1. The molecule has 0 saturated heterocycles. The Morgan fingerprint density at radius 1 is 1.26 bits per heavy atom. The Balaban J connectivity index is 1.56. The van der Waals surface area contributed by atoms with E-state index < -0.39 is 5.92 Å². The average Bonchev–Trinajstić information content (AvgIpc) is 2.77. The average molecular weight is 478 g/mol. The molecular weight excluding hydrogens is 454 g/mol. The van der Waals surface area contributed by atoms with Crippen LogP contribution in [0.1, 0.15) is 38.2 Å². The minimum Gasteiger partial charge on any atom is -0.484 e. The number of ketones is 1. The highest BCUT2D eigenvalue weighted by atomic mass is 35.5. The van der Waals surface area contributed by atoms with Crippen molar-refractivity contribution in [1.82, 2.24) is 0 Å². The number of rotatable bonds is 5. The van der Waals surface area contributed by atoms with Gasteiger partial charge in [-0.15, -0.1) is 0 Å². The summed E-state index contributed by atoms with van der Waals surface area (Å²) < 4.78 is 11.4. The van der Waals surface area contributed by atoms with E-state index >= 15 is 0 Å². The van der Waals surface area contributed by atoms with Crippen LogP contribution < -0.4 is 15.8 Å². The number of nitrogens with zero attached hydrogens (tertiary/aromatic N) is 1. The third-order valence-electron chi connectivity index (χ3n) is 5.76. The van der Waals surface area contributed by atoms with Gasteiger partial charge in [-0.1, -0.05) is 37.6 Å². The van der Waals surface area contributed by atoms with E-state index in [4.69, 9.17) is 26.8 Å². The van der Waals surface area contributed by atoms with Crippen LogP contribution in [-0.2, 0) is 14.3 Å². The van der Waals surface area contributed by atoms with Crippen molar-refractivity contribution in [3.05, 3.63) is 81.9 Å². The van der Waals surface area contributed by atoms with Crippen LogP contribution in [0.25, 0.3) is 0 Å². The van der Waals surface area contributed by atoms with Gasteiger partial charge >= 0.3 is 0 Å². The standard InChI is InChI=1S/C26H24ClN3O4/c1-26(2)11-20(31)24-21(12-26)34-25(29)19(13-28)23(24)15-4-3-5-18(10-15)33-14-22(32)30-17-8-6-16(27)7-9-17/h3-10,23H,11-12,14,29H2,1-2H3,(H,30,32). The van der Waals surface area contributed by atoms with Crippen molar-refractivity contribution in [2.75, 3.05) is 11.9 Å². The monoisotopic (exact) mass is 477 g/mol. The van der Waals surface area contributed by atoms with Crippen molar-refractivity contribution < 1.29 is 19.1 Å². The van der Waals surface area contributed by atoms with Crippen LogP contribution in [0.2, 0.25) is 5.02 Å². The Kier molecular flexibility index (Phi) is 6.36. The van der Waals surface area contributed by atoms with Crippen LogP contribution >= 0.6 is 11.6 Å². The fourth-order valence-electron chi connectivity index (χ4n) is 4.28. The lowest BCUT2D eigenvalue weighted by Crippen LogP contribution is -2.33. The first-order chi connectivity index (χ1) is 16.2. The van der Waals surface area contributed by atoms with Crippen LogP contribution in [-0.4, -0.2) is 18.3 Å². The third-order valence-corrected chi connectivity index (χ3v) is 6.02. The van der Waals surface area contributed by atoms with Crippen molar-refractivity contribution in [3.8, 4) is 11.8 Å². The maximum Gasteiger partial charge on any atom is 0.262 e. The summed E-state index contributed by atoms with van der Waals surface area (Å²) in [5.41, 5.74) is 7.73. The molecule has 0 spiro atoms. The molecule has 1 aliphatic heterocycles. The number of nitrogens with one attached hydrogen (secondary N) is 1. The predicted octanol–water partition coefficient (Wildman–Crippen LogP) is 4.81. The molecule has 2 aliphatic rings. The van der Waals surface area contributed by atoms with Crippen molar-refractivity contribution in [2.24, 2.45) is 11.1 Å². The van der Waals surface area contributed by atoms with Crippen LogP contribution in [0.15, 0.2) is 71.3 Å². The summed E-state index contributed by atoms with van der Waals surface area (Å²) >= 11 is 5.86. The second-order valence-corrected chi connectivity index (χ2v) is 9.56. The van der Waals surface area contributed by atoms with Gasteiger partial charge in [0, 0.05) is 29.1 Å². The summed E-state index contributed by atoms with van der Waals surface area (Å²) in [4.78, 5) is 25.4. The molecule has 4 rings (SSSR count). The van der Waals surface area contributed by atoms with Crippen molar-refractivity contribution in [3.63, 3.8) is 0 Å². The second kappa shape index (κ2) is 9.24. The lowest BCUT2D eigenvalue weighted by atomic mass is 9.70. The van der Waals surface area contributed by atoms with Gasteiger partial charge in [-0.05, 0) is 47.4 Å². The van der Waals surface area contributed by atoms with E-state index in [-0.39, 0.29) is 35.2 Å². The van der Waals surface area contributed by atoms with Crippen LogP contribution in [0.3, 0.4) is 0 Å². The smallest absolute Gasteiger partial charge is 0.262 e. The Morgan fingerprint density at radius 2 is 2.00 bits per heavy atom. The van der Waals surface area contributed by atoms with Gasteiger partial charge in [0.15, 0.2) is 12.4 Å². The van der Waals surface area contributed by atoms with Crippen LogP contribution in [0, 0.1) is 16.7 Å². The van der Waals surface area contributed by atoms with E-state index in [2.05, 4.69) is 11.4 Å². The molecule has 34 heavy (non-hydrogen) atoms. The second-order valence-electron chi connectivity index (χ2n) is 9.12. The van der Waals surface area contributed by atoms with Crippen LogP contribution in [0.4, 0.5) is 5.69 Å². The largest absolute Gasteiger partial charge is 0.484 e. The fraction of sp³-hybridized carbons (Fsp3) is 0.269. The number of benzene rings is 2. The van der Waals surface area contributed by atoms with Crippen molar-refractivity contribution >= 4 is 29.0 Å². The van der Waals surface area contributed by atoms with E-state index in [1.807, 2.05) is 13.8 Å². The molecule has 1 heterocycles. The molecule has 3 N–H and O–H groups in total. The summed E-state index contributed by atoms with van der Waals surface area (Å²) in [7, 11) is 0. The molecule has 2 aromatic carbocycles. The lowest BCUT2D eigenvalue weighted by Gasteiger charge is -2.37. The number of halogens is 1. The SMILES string of the molecule is CC1(C)CC(=O)C2=C(C1)OC(N)=C(C#N)C2c1cccc(OCC(=O)Nc2ccc(Cl)cc2)c1. The molecular formula is C26H24ClN3O4. The lowest BCUT2D eigenvalue weighted by molar-refractivity contribution is -0.119. The number of carbonyl (C=O) groups is 2. The number of hydrogen-bond donors (Lipinski definition) is 2. The number of nitrogens with two attached hydrogens (primary N) is 1. The van der Waals surface area contributed by atoms with E-state index in [1.165, 1.54) is 0 Å². The molecule has 2 aromatic rings. The number of amides is 1. The Hall–Kier alpha value is -3.76. The summed E-state index contributed by atoms with van der Waals surface area (Å²) in [5.74, 6) is -0.108. The molecule has 0 bridgehead atoms. The molecule has 8 heteroatoms. The molecule has 0 radical (unpaired) electrons. The molecule has 0 aromatic heterocycles. The zero-order valence-corrected chi connectivity index (χ0v) is 19.6. The molecule has 1 unspecified atom stereocenters. The van der Waals surface area contributed by atoms with Gasteiger partial charge < -0.3 is 20.5 Å². The van der Waals surface area contributed by atoms with Gasteiger partial charge in [-0.2, -0.15) is 5.26 Å². The summed E-state index contributed by atoms with van der Waals surface area (Å²) in [5, 5.41) is 13.1. The highest BCUT2D eigenvalue weighted by molar-refractivity contribution is 6.30. The van der Waals surface area contributed by atoms with E-state index in [9.17, 15) is 14.9 Å². The topological polar surface area (TPSA) is 114 Å². The minimum absolute atomic E-state index is 0.00501. The van der Waals surface area contributed by atoms with E-state index in [0.717, 1.165) is 0 Å². The Morgan fingerprint density at radius 3 is 2.71 bits per heavy atom. The number of allylic oxidation sites excluding steroid dienone is 3. The summed E-state index contributed by atoms with van der Waals surface area (Å²) in [6.45, 7) is 3.77. The minimum atomic E-state index is -0.649. The first-order valence-electron chi connectivity index (χ1n) is 10.8. The fourth-order valence-corrected chi connectivity index (χ4v) is 4.41. The Bertz CT molecular complexity index is 1260. The predicted molar refractivity (Wildman–Crippen MR) is 128 cm³/mol.